The molecule has 0 aliphatic heterocycles. The van der Waals surface area contributed by atoms with Gasteiger partial charge in [0.2, 0.25) is 0 Å². The Morgan fingerprint density at radius 3 is 2.31 bits per heavy atom. The molecule has 2 nitrogen and oxygen atoms in total. The third-order valence-electron chi connectivity index (χ3n) is 3.09. The maximum atomic E-state index is 12.8. The lowest BCUT2D eigenvalue weighted by Crippen LogP contribution is -2.16. The number of nitrogens with two attached hydrogens (primary N) is 1. The van der Waals surface area contributed by atoms with Gasteiger partial charge in [0.15, 0.2) is 0 Å². The van der Waals surface area contributed by atoms with Gasteiger partial charge in [0.1, 0.15) is 5.75 Å². The van der Waals surface area contributed by atoms with Crippen molar-refractivity contribution in [1.29, 1.82) is 0 Å². The fourth-order valence-electron chi connectivity index (χ4n) is 1.90. The molecule has 2 rings (SSSR count). The van der Waals surface area contributed by atoms with E-state index < -0.39 is 22.8 Å². The Balaban J connectivity index is 2.66. The third kappa shape index (κ3) is 1.70. The van der Waals surface area contributed by atoms with Crippen LogP contribution in [0.4, 0.5) is 18.9 Å². The van der Waals surface area contributed by atoms with Crippen molar-refractivity contribution < 1.29 is 18.3 Å². The normalized spacial score (nSPS) is 18.5. The zero-order chi connectivity index (χ0) is 12.1. The number of alkyl halides is 3. The van der Waals surface area contributed by atoms with Crippen LogP contribution in [0.15, 0.2) is 12.1 Å². The average molecular weight is 231 g/mol. The minimum Gasteiger partial charge on any atom is -0.508 e. The molecule has 0 saturated heterocycles. The third-order valence-corrected chi connectivity index (χ3v) is 3.09. The minimum absolute atomic E-state index is 0.109. The van der Waals surface area contributed by atoms with Crippen molar-refractivity contribution in [2.75, 3.05) is 5.73 Å². The summed E-state index contributed by atoms with van der Waals surface area (Å²) in [7, 11) is 0. The van der Waals surface area contributed by atoms with Gasteiger partial charge >= 0.3 is 6.18 Å². The lowest BCUT2D eigenvalue weighted by atomic mass is 9.91. The summed E-state index contributed by atoms with van der Waals surface area (Å²) in [5.41, 5.74) is 3.77. The van der Waals surface area contributed by atoms with Crippen LogP contribution in [0.2, 0.25) is 0 Å². The van der Waals surface area contributed by atoms with Gasteiger partial charge in [-0.2, -0.15) is 13.2 Å². The predicted molar refractivity (Wildman–Crippen MR) is 54.1 cm³/mol. The number of halogens is 3. The number of phenolic OH excluding ortho intramolecular Hbond substituents is 1. The molecule has 1 saturated carbocycles. The molecular weight excluding hydrogens is 219 g/mol. The van der Waals surface area contributed by atoms with Crippen LogP contribution in [0.25, 0.3) is 0 Å². The van der Waals surface area contributed by atoms with E-state index in [2.05, 4.69) is 0 Å². The van der Waals surface area contributed by atoms with Crippen molar-refractivity contribution >= 4 is 5.69 Å². The summed E-state index contributed by atoms with van der Waals surface area (Å²) in [5, 5.41) is 9.33. The van der Waals surface area contributed by atoms with Crippen molar-refractivity contribution in [1.82, 2.24) is 0 Å². The summed E-state index contributed by atoms with van der Waals surface area (Å²) < 4.78 is 38.5. The number of benzene rings is 1. The number of rotatable bonds is 1. The Labute approximate surface area is 90.9 Å². The average Bonchev–Trinajstić information content (AvgIpc) is 2.80. The highest BCUT2D eigenvalue weighted by Crippen LogP contribution is 2.53. The first-order valence-corrected chi connectivity index (χ1v) is 4.94. The Morgan fingerprint density at radius 2 is 1.88 bits per heavy atom. The molecule has 0 amide bonds. The largest absolute Gasteiger partial charge is 0.508 e. The minimum atomic E-state index is -4.47. The van der Waals surface area contributed by atoms with Gasteiger partial charge < -0.3 is 10.8 Å². The lowest BCUT2D eigenvalue weighted by Gasteiger charge is -2.19. The summed E-state index contributed by atoms with van der Waals surface area (Å²) in [6.07, 6.45) is -3.09. The predicted octanol–water partition coefficient (Wildman–Crippen LogP) is 3.04. The molecule has 1 fully saturated rings. The van der Waals surface area contributed by atoms with Crippen LogP contribution in [0, 0.1) is 0 Å². The molecule has 1 aromatic carbocycles. The van der Waals surface area contributed by atoms with Crippen LogP contribution in [0.3, 0.4) is 0 Å². The standard InChI is InChI=1S/C11H12F3NO/c1-10(2-3-10)7-4-6(16)5-8(15)9(7)11(12,13)14/h4-5,16H,2-3,15H2,1H3. The van der Waals surface area contributed by atoms with Crippen LogP contribution >= 0.6 is 0 Å². The van der Waals surface area contributed by atoms with E-state index in [1.807, 2.05) is 0 Å². The molecule has 0 atom stereocenters. The van der Waals surface area contributed by atoms with E-state index in [0.717, 1.165) is 6.07 Å². The monoisotopic (exact) mass is 231 g/mol. The van der Waals surface area contributed by atoms with Gasteiger partial charge in [-0.3, -0.25) is 0 Å². The van der Waals surface area contributed by atoms with Crippen LogP contribution in [0.5, 0.6) is 5.75 Å². The molecule has 0 aromatic heterocycles. The number of aromatic hydroxyl groups is 1. The van der Waals surface area contributed by atoms with Crippen molar-refractivity contribution in [3.63, 3.8) is 0 Å². The molecule has 0 unspecified atom stereocenters. The first-order valence-electron chi connectivity index (χ1n) is 4.94. The molecule has 5 heteroatoms. The van der Waals surface area contributed by atoms with Crippen LogP contribution in [-0.4, -0.2) is 5.11 Å². The van der Waals surface area contributed by atoms with Gasteiger partial charge in [0.25, 0.3) is 0 Å². The van der Waals surface area contributed by atoms with Crippen LogP contribution in [-0.2, 0) is 11.6 Å². The molecule has 0 bridgehead atoms. The molecule has 0 heterocycles. The Hall–Kier alpha value is -1.39. The Morgan fingerprint density at radius 1 is 1.31 bits per heavy atom. The fraction of sp³-hybridized carbons (Fsp3) is 0.455. The molecule has 16 heavy (non-hydrogen) atoms. The van der Waals surface area contributed by atoms with E-state index in [1.54, 1.807) is 6.92 Å². The first kappa shape index (κ1) is 11.1. The highest BCUT2D eigenvalue weighted by Gasteiger charge is 2.47. The van der Waals surface area contributed by atoms with Crippen molar-refractivity contribution in [2.24, 2.45) is 0 Å². The second-order valence-corrected chi connectivity index (χ2v) is 4.52. The summed E-state index contributed by atoms with van der Waals surface area (Å²) in [6.45, 7) is 1.75. The first-order chi connectivity index (χ1) is 7.24. The Kier molecular flexibility index (Phi) is 2.12. The topological polar surface area (TPSA) is 46.2 Å². The van der Waals surface area contributed by atoms with E-state index >= 15 is 0 Å². The summed E-state index contributed by atoms with van der Waals surface area (Å²) in [4.78, 5) is 0. The van der Waals surface area contributed by atoms with Crippen LogP contribution in [0.1, 0.15) is 30.9 Å². The second-order valence-electron chi connectivity index (χ2n) is 4.52. The van der Waals surface area contributed by atoms with Gasteiger partial charge in [-0.15, -0.1) is 0 Å². The smallest absolute Gasteiger partial charge is 0.418 e. The van der Waals surface area contributed by atoms with E-state index in [9.17, 15) is 18.3 Å². The van der Waals surface area contributed by atoms with E-state index in [4.69, 9.17) is 5.73 Å². The van der Waals surface area contributed by atoms with Crippen LogP contribution < -0.4 is 5.73 Å². The SMILES string of the molecule is CC1(c2cc(O)cc(N)c2C(F)(F)F)CC1. The van der Waals surface area contributed by atoms with E-state index in [-0.39, 0.29) is 11.3 Å². The molecule has 0 spiro atoms. The number of anilines is 1. The molecule has 1 aromatic rings. The quantitative estimate of drug-likeness (QED) is 0.730. The summed E-state index contributed by atoms with van der Waals surface area (Å²) in [6, 6.07) is 2.12. The Bertz CT molecular complexity index is 436. The zero-order valence-corrected chi connectivity index (χ0v) is 8.73. The molecule has 1 aliphatic rings. The molecular formula is C11H12F3NO. The van der Waals surface area contributed by atoms with Crippen molar-refractivity contribution in [2.45, 2.75) is 31.4 Å². The number of phenols is 1. The van der Waals surface area contributed by atoms with Crippen molar-refractivity contribution in [3.8, 4) is 5.75 Å². The molecule has 3 N–H and O–H groups in total. The summed E-state index contributed by atoms with van der Waals surface area (Å²) >= 11 is 0. The number of nitrogen functional groups attached to an aromatic ring is 1. The summed E-state index contributed by atoms with van der Waals surface area (Å²) in [5.74, 6) is -0.214. The zero-order valence-electron chi connectivity index (χ0n) is 8.73. The van der Waals surface area contributed by atoms with E-state index in [0.29, 0.717) is 12.8 Å². The highest BCUT2D eigenvalue weighted by molar-refractivity contribution is 5.59. The van der Waals surface area contributed by atoms with Gasteiger partial charge in [0, 0.05) is 11.8 Å². The van der Waals surface area contributed by atoms with E-state index in [1.165, 1.54) is 6.07 Å². The molecule has 0 radical (unpaired) electrons. The number of hydrogen-bond acceptors (Lipinski definition) is 2. The lowest BCUT2D eigenvalue weighted by molar-refractivity contribution is -0.137. The number of hydrogen-bond donors (Lipinski definition) is 2. The van der Waals surface area contributed by atoms with Crippen molar-refractivity contribution in [3.05, 3.63) is 23.3 Å². The maximum Gasteiger partial charge on any atom is 0.418 e. The van der Waals surface area contributed by atoms with Gasteiger partial charge in [-0.1, -0.05) is 6.92 Å². The fourth-order valence-corrected chi connectivity index (χ4v) is 1.90. The maximum absolute atomic E-state index is 12.8. The molecule has 88 valence electrons. The van der Waals surface area contributed by atoms with Gasteiger partial charge in [-0.05, 0) is 29.9 Å². The van der Waals surface area contributed by atoms with Gasteiger partial charge in [-0.25, -0.2) is 0 Å². The van der Waals surface area contributed by atoms with Gasteiger partial charge in [0.05, 0.1) is 5.56 Å². The molecule has 1 aliphatic carbocycles. The highest BCUT2D eigenvalue weighted by atomic mass is 19.4. The second kappa shape index (κ2) is 3.06.